The topological polar surface area (TPSA) is 60.4 Å². The molecule has 0 aromatic heterocycles. The van der Waals surface area contributed by atoms with Gasteiger partial charge in [-0.05, 0) is 24.3 Å². The van der Waals surface area contributed by atoms with Crippen LogP contribution in [0, 0.1) is 0 Å². The number of nitrogens with zero attached hydrogens (tertiary/aromatic N) is 1. The van der Waals surface area contributed by atoms with Gasteiger partial charge in [0.05, 0.1) is 10.7 Å². The van der Waals surface area contributed by atoms with Gasteiger partial charge in [-0.1, -0.05) is 41.9 Å². The molecular weight excluding hydrogens is 309 g/mol. The van der Waals surface area contributed by atoms with Crippen LogP contribution in [-0.2, 0) is 10.1 Å². The first-order chi connectivity index (χ1) is 8.97. The van der Waals surface area contributed by atoms with Crippen LogP contribution in [0.4, 0.5) is 11.4 Å². The van der Waals surface area contributed by atoms with E-state index >= 15 is 0 Å². The minimum absolute atomic E-state index is 0. The molecule has 0 saturated heterocycles. The molecule has 2 rings (SSSR count). The minimum Gasteiger partial charge on any atom is -0.747 e. The molecule has 0 N–H and O–H groups in total. The molecule has 2 aromatic carbocycles. The van der Waals surface area contributed by atoms with Crippen molar-refractivity contribution in [3.8, 4) is 0 Å². The van der Waals surface area contributed by atoms with Crippen molar-refractivity contribution in [1.82, 2.24) is 0 Å². The SMILES string of the molecule is O=S(=O)([O-])CN(c1ccccc1)c1ccccc1Cl.[Na+]. The number of benzene rings is 2. The molecule has 0 radical (unpaired) electrons. The Bertz CT molecular complexity index is 664. The van der Waals surface area contributed by atoms with Crippen LogP contribution in [0.25, 0.3) is 0 Å². The van der Waals surface area contributed by atoms with E-state index in [9.17, 15) is 13.0 Å². The van der Waals surface area contributed by atoms with Crippen LogP contribution in [0.1, 0.15) is 0 Å². The molecule has 100 valence electrons. The fourth-order valence-corrected chi connectivity index (χ4v) is 2.56. The predicted octanol–water partition coefficient (Wildman–Crippen LogP) is -0.0152. The van der Waals surface area contributed by atoms with Crippen molar-refractivity contribution in [2.45, 2.75) is 0 Å². The van der Waals surface area contributed by atoms with Crippen molar-refractivity contribution in [2.75, 3.05) is 10.8 Å². The Morgan fingerprint density at radius 1 is 1.00 bits per heavy atom. The summed E-state index contributed by atoms with van der Waals surface area (Å²) in [5, 5.41) is 0.384. The van der Waals surface area contributed by atoms with Crippen LogP contribution >= 0.6 is 11.6 Å². The Hall–Kier alpha value is -0.560. The van der Waals surface area contributed by atoms with Crippen LogP contribution < -0.4 is 34.5 Å². The molecule has 0 atom stereocenters. The second-order valence-electron chi connectivity index (χ2n) is 3.90. The van der Waals surface area contributed by atoms with E-state index < -0.39 is 16.0 Å². The zero-order valence-corrected chi connectivity index (χ0v) is 14.4. The molecule has 20 heavy (non-hydrogen) atoms. The van der Waals surface area contributed by atoms with E-state index in [1.807, 2.05) is 0 Å². The number of hydrogen-bond acceptors (Lipinski definition) is 4. The smallest absolute Gasteiger partial charge is 0.747 e. The van der Waals surface area contributed by atoms with E-state index in [0.29, 0.717) is 16.4 Å². The van der Waals surface area contributed by atoms with Gasteiger partial charge in [-0.15, -0.1) is 0 Å². The maximum Gasteiger partial charge on any atom is 1.00 e. The van der Waals surface area contributed by atoms with Crippen LogP contribution in [0.5, 0.6) is 0 Å². The molecule has 0 aliphatic carbocycles. The van der Waals surface area contributed by atoms with Crippen LogP contribution in [0.3, 0.4) is 0 Å². The van der Waals surface area contributed by atoms with Gasteiger partial charge in [0.25, 0.3) is 0 Å². The third-order valence-corrected chi connectivity index (χ3v) is 3.39. The monoisotopic (exact) mass is 319 g/mol. The minimum atomic E-state index is -4.42. The van der Waals surface area contributed by atoms with Crippen molar-refractivity contribution in [2.24, 2.45) is 0 Å². The third-order valence-electron chi connectivity index (χ3n) is 2.50. The van der Waals surface area contributed by atoms with E-state index in [0.717, 1.165) is 0 Å². The standard InChI is InChI=1S/C13H12ClNO3S.Na/c14-12-8-4-5-9-13(12)15(10-19(16,17)18)11-6-2-1-3-7-11;/h1-9H,10H2,(H,16,17,18);/q;+1/p-1. The molecule has 0 saturated carbocycles. The Morgan fingerprint density at radius 3 is 2.10 bits per heavy atom. The van der Waals surface area contributed by atoms with E-state index in [1.165, 1.54) is 4.90 Å². The normalized spacial score (nSPS) is 10.7. The summed E-state index contributed by atoms with van der Waals surface area (Å²) < 4.78 is 33.2. The van der Waals surface area contributed by atoms with Gasteiger partial charge in [0.15, 0.2) is 0 Å². The summed E-state index contributed by atoms with van der Waals surface area (Å²) in [5.41, 5.74) is 1.07. The van der Waals surface area contributed by atoms with Gasteiger partial charge in [0.1, 0.15) is 16.0 Å². The zero-order valence-electron chi connectivity index (χ0n) is 10.9. The van der Waals surface area contributed by atoms with Crippen molar-refractivity contribution in [3.05, 3.63) is 59.6 Å². The van der Waals surface area contributed by atoms with E-state index in [1.54, 1.807) is 54.6 Å². The summed E-state index contributed by atoms with van der Waals surface area (Å²) in [6.45, 7) is 0. The van der Waals surface area contributed by atoms with Crippen molar-refractivity contribution in [3.63, 3.8) is 0 Å². The average Bonchev–Trinajstić information content (AvgIpc) is 2.37. The largest absolute Gasteiger partial charge is 1.00 e. The van der Waals surface area contributed by atoms with Gasteiger partial charge in [-0.2, -0.15) is 0 Å². The quantitative estimate of drug-likeness (QED) is 0.587. The summed E-state index contributed by atoms with van der Waals surface area (Å²) in [4.78, 5) is 1.38. The first-order valence-corrected chi connectivity index (χ1v) is 7.43. The second kappa shape index (κ2) is 7.45. The maximum atomic E-state index is 11.1. The van der Waals surface area contributed by atoms with Gasteiger partial charge in [-0.3, -0.25) is 0 Å². The molecule has 0 aliphatic rings. The molecular formula is C13H11ClNNaO3S. The molecule has 4 nitrogen and oxygen atoms in total. The van der Waals surface area contributed by atoms with Gasteiger partial charge in [0, 0.05) is 5.69 Å². The number of hydrogen-bond donors (Lipinski definition) is 0. The van der Waals surface area contributed by atoms with Gasteiger partial charge in [-0.25, -0.2) is 8.42 Å². The summed E-state index contributed by atoms with van der Waals surface area (Å²) in [6, 6.07) is 15.5. The molecule has 0 aliphatic heterocycles. The van der Waals surface area contributed by atoms with Gasteiger partial charge in [0.2, 0.25) is 0 Å². The average molecular weight is 320 g/mol. The summed E-state index contributed by atoms with van der Waals surface area (Å²) >= 11 is 6.06. The predicted molar refractivity (Wildman–Crippen MR) is 74.6 cm³/mol. The Labute approximate surface area is 145 Å². The Kier molecular flexibility index (Phi) is 6.51. The zero-order chi connectivity index (χ0) is 13.9. The molecule has 7 heteroatoms. The summed E-state index contributed by atoms with van der Waals surface area (Å²) in [5.74, 6) is -0.666. The molecule has 0 spiro atoms. The number of anilines is 2. The van der Waals surface area contributed by atoms with Crippen LogP contribution in [-0.4, -0.2) is 18.8 Å². The molecule has 0 unspecified atom stereocenters. The molecule has 0 heterocycles. The molecule has 0 fully saturated rings. The molecule has 0 amide bonds. The van der Waals surface area contributed by atoms with E-state index in [4.69, 9.17) is 11.6 Å². The van der Waals surface area contributed by atoms with Crippen LogP contribution in [0.2, 0.25) is 5.02 Å². The first kappa shape index (κ1) is 17.5. The van der Waals surface area contributed by atoms with Crippen molar-refractivity contribution in [1.29, 1.82) is 0 Å². The van der Waals surface area contributed by atoms with Gasteiger partial charge < -0.3 is 9.45 Å². The fraction of sp³-hybridized carbons (Fsp3) is 0.0769. The summed E-state index contributed by atoms with van der Waals surface area (Å²) in [7, 11) is -4.42. The molecule has 2 aromatic rings. The van der Waals surface area contributed by atoms with Crippen molar-refractivity contribution < 1.29 is 42.5 Å². The third kappa shape index (κ3) is 4.77. The first-order valence-electron chi connectivity index (χ1n) is 5.48. The summed E-state index contributed by atoms with van der Waals surface area (Å²) in [6.07, 6.45) is 0. The van der Waals surface area contributed by atoms with E-state index in [2.05, 4.69) is 0 Å². The number of halogens is 1. The van der Waals surface area contributed by atoms with Crippen molar-refractivity contribution >= 4 is 33.1 Å². The van der Waals surface area contributed by atoms with E-state index in [-0.39, 0.29) is 29.6 Å². The fourth-order valence-electron chi connectivity index (χ4n) is 1.72. The number of rotatable bonds is 4. The molecule has 0 bridgehead atoms. The Balaban J connectivity index is 0.00000200. The second-order valence-corrected chi connectivity index (χ2v) is 5.68. The van der Waals surface area contributed by atoms with Gasteiger partial charge >= 0.3 is 29.6 Å². The number of para-hydroxylation sites is 2. The van der Waals surface area contributed by atoms with Crippen LogP contribution in [0.15, 0.2) is 54.6 Å². The maximum absolute atomic E-state index is 11.1. The Morgan fingerprint density at radius 2 is 1.55 bits per heavy atom.